The molecule has 1 N–H and O–H groups in total. The van der Waals surface area contributed by atoms with Gasteiger partial charge in [0.25, 0.3) is 5.56 Å². The summed E-state index contributed by atoms with van der Waals surface area (Å²) >= 11 is 7.67. The fourth-order valence-electron chi connectivity index (χ4n) is 1.99. The maximum Gasteiger partial charge on any atom is 0.329 e. The molecule has 21 heavy (non-hydrogen) atoms. The van der Waals surface area contributed by atoms with Crippen LogP contribution >= 0.6 is 23.4 Å². The van der Waals surface area contributed by atoms with E-state index in [0.29, 0.717) is 17.7 Å². The zero-order valence-corrected chi connectivity index (χ0v) is 13.7. The van der Waals surface area contributed by atoms with Crippen molar-refractivity contribution in [3.05, 3.63) is 56.3 Å². The monoisotopic (exact) mass is 324 g/mol. The summed E-state index contributed by atoms with van der Waals surface area (Å²) in [6.07, 6.45) is 1.95. The summed E-state index contributed by atoms with van der Waals surface area (Å²) in [5, 5.41) is 0.0782. The fourth-order valence-corrected chi connectivity index (χ4v) is 2.52. The number of nitrogens with zero attached hydrogens (tertiary/aromatic N) is 1. The van der Waals surface area contributed by atoms with Crippen LogP contribution in [0.15, 0.2) is 39.9 Å². The van der Waals surface area contributed by atoms with Gasteiger partial charge in [0.15, 0.2) is 0 Å². The molecule has 0 aliphatic rings. The fraction of sp³-hybridized carbons (Fsp3) is 0.333. The Kier molecular flexibility index (Phi) is 4.64. The van der Waals surface area contributed by atoms with E-state index in [9.17, 15) is 9.59 Å². The molecule has 0 amide bonds. The van der Waals surface area contributed by atoms with E-state index in [0.717, 1.165) is 0 Å². The Hall–Kier alpha value is -1.46. The van der Waals surface area contributed by atoms with Gasteiger partial charge in [-0.15, -0.1) is 0 Å². The van der Waals surface area contributed by atoms with Crippen molar-refractivity contribution in [2.45, 2.75) is 25.1 Å². The highest BCUT2D eigenvalue weighted by atomic mass is 35.5. The molecule has 0 spiro atoms. The lowest BCUT2D eigenvalue weighted by Crippen LogP contribution is -2.41. The third-order valence-electron chi connectivity index (χ3n) is 3.29. The number of aromatic amines is 1. The van der Waals surface area contributed by atoms with Gasteiger partial charge in [0.1, 0.15) is 5.15 Å². The standard InChI is InChI=1S/C15H17ClN2O2S/c1-15(2,21-3)9-18-13(19)11(12(16)17-14(18)20)10-7-5-4-6-8-10/h4-8H,9H2,1-3H3,(H,17,20). The summed E-state index contributed by atoms with van der Waals surface area (Å²) in [4.78, 5) is 27.3. The maximum absolute atomic E-state index is 12.7. The first kappa shape index (κ1) is 15.9. The van der Waals surface area contributed by atoms with E-state index in [1.54, 1.807) is 23.9 Å². The number of aromatic nitrogens is 2. The molecule has 0 aliphatic carbocycles. The molecular formula is C15H17ClN2O2S. The summed E-state index contributed by atoms with van der Waals surface area (Å²) in [5.41, 5.74) is 0.178. The highest BCUT2D eigenvalue weighted by Crippen LogP contribution is 2.24. The van der Waals surface area contributed by atoms with Crippen molar-refractivity contribution < 1.29 is 0 Å². The molecule has 0 aliphatic heterocycles. The second-order valence-electron chi connectivity index (χ2n) is 5.34. The number of hydrogen-bond donors (Lipinski definition) is 1. The summed E-state index contributed by atoms with van der Waals surface area (Å²) in [7, 11) is 0. The Morgan fingerprint density at radius 2 is 1.86 bits per heavy atom. The van der Waals surface area contributed by atoms with E-state index >= 15 is 0 Å². The highest BCUT2D eigenvalue weighted by Gasteiger charge is 2.21. The lowest BCUT2D eigenvalue weighted by molar-refractivity contribution is 0.532. The van der Waals surface area contributed by atoms with Crippen LogP contribution in [0.2, 0.25) is 5.15 Å². The van der Waals surface area contributed by atoms with Gasteiger partial charge in [0, 0.05) is 11.3 Å². The topological polar surface area (TPSA) is 54.9 Å². The largest absolute Gasteiger partial charge is 0.329 e. The lowest BCUT2D eigenvalue weighted by atomic mass is 10.1. The molecular weight excluding hydrogens is 308 g/mol. The molecule has 0 fully saturated rings. The number of halogens is 1. The zero-order chi connectivity index (χ0) is 15.6. The Morgan fingerprint density at radius 1 is 1.24 bits per heavy atom. The van der Waals surface area contributed by atoms with Gasteiger partial charge in [-0.25, -0.2) is 4.79 Å². The van der Waals surface area contributed by atoms with Crippen molar-refractivity contribution in [1.29, 1.82) is 0 Å². The van der Waals surface area contributed by atoms with Crippen LogP contribution in [-0.4, -0.2) is 20.6 Å². The SMILES string of the molecule is CSC(C)(C)Cn1c(=O)[nH]c(Cl)c(-c2ccccc2)c1=O. The van der Waals surface area contributed by atoms with Gasteiger partial charge in [-0.3, -0.25) is 14.3 Å². The average molecular weight is 325 g/mol. The molecule has 1 aromatic heterocycles. The molecule has 112 valence electrons. The van der Waals surface area contributed by atoms with E-state index in [2.05, 4.69) is 4.98 Å². The van der Waals surface area contributed by atoms with Crippen LogP contribution < -0.4 is 11.2 Å². The summed E-state index contributed by atoms with van der Waals surface area (Å²) in [6.45, 7) is 4.29. The number of nitrogens with one attached hydrogen (secondary N) is 1. The minimum atomic E-state index is -0.480. The van der Waals surface area contributed by atoms with Crippen molar-refractivity contribution in [3.8, 4) is 11.1 Å². The first-order valence-corrected chi connectivity index (χ1v) is 8.09. The first-order chi connectivity index (χ1) is 9.85. The molecule has 6 heteroatoms. The molecule has 4 nitrogen and oxygen atoms in total. The average Bonchev–Trinajstić information content (AvgIpc) is 2.44. The molecule has 0 saturated carbocycles. The van der Waals surface area contributed by atoms with Crippen molar-refractivity contribution in [2.75, 3.05) is 6.26 Å². The van der Waals surface area contributed by atoms with Crippen LogP contribution in [0.25, 0.3) is 11.1 Å². The maximum atomic E-state index is 12.7. The normalized spacial score (nSPS) is 11.6. The first-order valence-electron chi connectivity index (χ1n) is 6.49. The number of H-pyrrole nitrogens is 1. The molecule has 0 saturated heterocycles. The summed E-state index contributed by atoms with van der Waals surface area (Å²) in [6, 6.07) is 9.10. The Morgan fingerprint density at radius 3 is 2.43 bits per heavy atom. The number of rotatable bonds is 4. The number of benzene rings is 1. The van der Waals surface area contributed by atoms with Gasteiger partial charge < -0.3 is 0 Å². The van der Waals surface area contributed by atoms with Crippen LogP contribution in [0.5, 0.6) is 0 Å². The van der Waals surface area contributed by atoms with Crippen LogP contribution in [0.1, 0.15) is 13.8 Å². The van der Waals surface area contributed by atoms with Gasteiger partial charge in [-0.2, -0.15) is 11.8 Å². The molecule has 2 rings (SSSR count). The van der Waals surface area contributed by atoms with Gasteiger partial charge in [-0.05, 0) is 25.7 Å². The third-order valence-corrected chi connectivity index (χ3v) is 4.81. The van der Waals surface area contributed by atoms with E-state index in [4.69, 9.17) is 11.6 Å². The molecule has 1 heterocycles. The second-order valence-corrected chi connectivity index (χ2v) is 7.23. The van der Waals surface area contributed by atoms with Crippen LogP contribution in [0, 0.1) is 0 Å². The smallest absolute Gasteiger partial charge is 0.297 e. The van der Waals surface area contributed by atoms with E-state index in [-0.39, 0.29) is 15.5 Å². The van der Waals surface area contributed by atoms with Crippen LogP contribution in [-0.2, 0) is 6.54 Å². The molecule has 0 bridgehead atoms. The third kappa shape index (κ3) is 3.41. The molecule has 2 aromatic rings. The quantitative estimate of drug-likeness (QED) is 0.880. The Bertz CT molecular complexity index is 751. The predicted octanol–water partition coefficient (Wildman–Crippen LogP) is 3.00. The molecule has 1 aromatic carbocycles. The number of hydrogen-bond acceptors (Lipinski definition) is 3. The van der Waals surface area contributed by atoms with Gasteiger partial charge in [0.05, 0.1) is 5.56 Å². The minimum Gasteiger partial charge on any atom is -0.297 e. The predicted molar refractivity (Wildman–Crippen MR) is 89.4 cm³/mol. The van der Waals surface area contributed by atoms with Crippen LogP contribution in [0.3, 0.4) is 0 Å². The minimum absolute atomic E-state index is 0.0782. The molecule has 0 unspecified atom stereocenters. The van der Waals surface area contributed by atoms with E-state index in [1.807, 2.05) is 38.3 Å². The second kappa shape index (κ2) is 6.12. The van der Waals surface area contributed by atoms with E-state index < -0.39 is 5.69 Å². The lowest BCUT2D eigenvalue weighted by Gasteiger charge is -2.22. The number of thioether (sulfide) groups is 1. The van der Waals surface area contributed by atoms with Crippen molar-refractivity contribution >= 4 is 23.4 Å². The van der Waals surface area contributed by atoms with Gasteiger partial charge >= 0.3 is 5.69 Å². The summed E-state index contributed by atoms with van der Waals surface area (Å²) in [5.74, 6) is 0. The van der Waals surface area contributed by atoms with Crippen LogP contribution in [0.4, 0.5) is 0 Å². The van der Waals surface area contributed by atoms with Crippen molar-refractivity contribution in [1.82, 2.24) is 9.55 Å². The van der Waals surface area contributed by atoms with Crippen molar-refractivity contribution in [2.24, 2.45) is 0 Å². The van der Waals surface area contributed by atoms with Gasteiger partial charge in [0.2, 0.25) is 0 Å². The van der Waals surface area contributed by atoms with Gasteiger partial charge in [-0.1, -0.05) is 41.9 Å². The Labute approximate surface area is 132 Å². The van der Waals surface area contributed by atoms with Crippen molar-refractivity contribution in [3.63, 3.8) is 0 Å². The molecule has 0 radical (unpaired) electrons. The zero-order valence-electron chi connectivity index (χ0n) is 12.1. The Balaban J connectivity index is 2.65. The summed E-state index contributed by atoms with van der Waals surface area (Å²) < 4.78 is 0.989. The highest BCUT2D eigenvalue weighted by molar-refractivity contribution is 7.99. The van der Waals surface area contributed by atoms with E-state index in [1.165, 1.54) is 4.57 Å². The molecule has 0 atom stereocenters.